The molecule has 3 fully saturated rings. The van der Waals surface area contributed by atoms with Crippen molar-refractivity contribution < 1.29 is 13.2 Å². The molecule has 1 saturated heterocycles. The van der Waals surface area contributed by atoms with Crippen molar-refractivity contribution in [3.8, 4) is 0 Å². The number of sulfonamides is 1. The van der Waals surface area contributed by atoms with Crippen molar-refractivity contribution in [3.63, 3.8) is 0 Å². The lowest BCUT2D eigenvalue weighted by molar-refractivity contribution is -0.130. The molecule has 0 radical (unpaired) electrons. The Kier molecular flexibility index (Phi) is 3.60. The van der Waals surface area contributed by atoms with Crippen molar-refractivity contribution in [2.24, 2.45) is 22.7 Å². The van der Waals surface area contributed by atoms with Crippen LogP contribution in [0.3, 0.4) is 0 Å². The number of carbonyl (C=O) groups excluding carboxylic acids is 1. The van der Waals surface area contributed by atoms with Crippen molar-refractivity contribution in [2.75, 3.05) is 5.75 Å². The maximum absolute atomic E-state index is 13.0. The molecule has 0 aromatic rings. The predicted molar refractivity (Wildman–Crippen MR) is 91.1 cm³/mol. The minimum absolute atomic E-state index is 0.0139. The number of amides is 1. The van der Waals surface area contributed by atoms with Gasteiger partial charge in [-0.15, -0.1) is 6.58 Å². The van der Waals surface area contributed by atoms with Crippen molar-refractivity contribution in [2.45, 2.75) is 53.0 Å². The van der Waals surface area contributed by atoms with Crippen LogP contribution >= 0.6 is 0 Å². The smallest absolute Gasteiger partial charge is 0.247 e. The molecule has 1 heterocycles. The summed E-state index contributed by atoms with van der Waals surface area (Å²) in [6.45, 7) is 11.9. The number of hydrogen-bond acceptors (Lipinski definition) is 3. The number of nitrogens with zero attached hydrogens (tertiary/aromatic N) is 1. The first-order valence-electron chi connectivity index (χ1n) is 8.40. The molecule has 2 bridgehead atoms. The number of fused-ring (bicyclic) bond motifs is 1. The molecule has 1 spiro atoms. The fraction of sp³-hybridized carbons (Fsp3) is 0.722. The van der Waals surface area contributed by atoms with Gasteiger partial charge in [-0.05, 0) is 44.4 Å². The van der Waals surface area contributed by atoms with Gasteiger partial charge in [0.1, 0.15) is 0 Å². The van der Waals surface area contributed by atoms with Crippen LogP contribution in [0.5, 0.6) is 0 Å². The van der Waals surface area contributed by atoms with Gasteiger partial charge in [0, 0.05) is 5.41 Å². The SMILES string of the molecule is C=C[C@H](C=C(C)C)C(=O)N1[C@@H]2C[C@H]3CC[C@]2(CS1(=O)=O)C3(C)C. The Bertz CT molecular complexity index is 687. The van der Waals surface area contributed by atoms with Gasteiger partial charge in [0.05, 0.1) is 17.7 Å². The molecule has 0 aromatic heterocycles. The normalized spacial score (nSPS) is 37.3. The average Bonchev–Trinajstić information content (AvgIpc) is 2.90. The second-order valence-electron chi connectivity index (χ2n) is 8.26. The molecule has 1 amide bonds. The zero-order valence-electron chi connectivity index (χ0n) is 14.5. The van der Waals surface area contributed by atoms with Crippen LogP contribution in [0.15, 0.2) is 24.3 Å². The molecular formula is C18H27NO3S. The van der Waals surface area contributed by atoms with Crippen LogP contribution in [0.2, 0.25) is 0 Å². The molecule has 1 aliphatic heterocycles. The summed E-state index contributed by atoms with van der Waals surface area (Å²) >= 11 is 0. The predicted octanol–water partition coefficient (Wildman–Crippen LogP) is 3.12. The Balaban J connectivity index is 2.03. The maximum atomic E-state index is 13.0. The molecule has 2 aliphatic carbocycles. The molecule has 4 nitrogen and oxygen atoms in total. The molecule has 0 aromatic carbocycles. The van der Waals surface area contributed by atoms with Crippen LogP contribution in [0.25, 0.3) is 0 Å². The van der Waals surface area contributed by atoms with Gasteiger partial charge in [0.2, 0.25) is 15.9 Å². The van der Waals surface area contributed by atoms with Gasteiger partial charge < -0.3 is 0 Å². The van der Waals surface area contributed by atoms with E-state index in [1.54, 1.807) is 12.2 Å². The third kappa shape index (κ3) is 2.08. The summed E-state index contributed by atoms with van der Waals surface area (Å²) in [6, 6.07) is -0.165. The Morgan fingerprint density at radius 3 is 2.52 bits per heavy atom. The van der Waals surface area contributed by atoms with Gasteiger partial charge in [-0.25, -0.2) is 12.7 Å². The van der Waals surface area contributed by atoms with Crippen molar-refractivity contribution >= 4 is 15.9 Å². The first-order chi connectivity index (χ1) is 10.6. The number of carbonyl (C=O) groups is 1. The zero-order chi connectivity index (χ0) is 17.2. The van der Waals surface area contributed by atoms with Crippen LogP contribution in [0.1, 0.15) is 47.0 Å². The summed E-state index contributed by atoms with van der Waals surface area (Å²) in [4.78, 5) is 13.0. The Hall–Kier alpha value is -1.10. The van der Waals surface area contributed by atoms with Gasteiger partial charge in [0.25, 0.3) is 0 Å². The average molecular weight is 337 g/mol. The van der Waals surface area contributed by atoms with Crippen molar-refractivity contribution in [1.29, 1.82) is 0 Å². The highest BCUT2D eigenvalue weighted by Gasteiger charge is 2.72. The quantitative estimate of drug-likeness (QED) is 0.744. The van der Waals surface area contributed by atoms with E-state index in [0.717, 1.165) is 24.8 Å². The van der Waals surface area contributed by atoms with Crippen molar-refractivity contribution in [3.05, 3.63) is 24.3 Å². The third-order valence-electron chi connectivity index (χ3n) is 6.68. The van der Waals surface area contributed by atoms with E-state index in [1.165, 1.54) is 4.31 Å². The van der Waals surface area contributed by atoms with Gasteiger partial charge >= 0.3 is 0 Å². The van der Waals surface area contributed by atoms with Gasteiger partial charge in [0.15, 0.2) is 0 Å². The maximum Gasteiger partial charge on any atom is 0.247 e. The molecule has 4 atom stereocenters. The third-order valence-corrected chi connectivity index (χ3v) is 8.59. The minimum Gasteiger partial charge on any atom is -0.273 e. The summed E-state index contributed by atoms with van der Waals surface area (Å²) in [5.41, 5.74) is 0.714. The fourth-order valence-corrected chi connectivity index (χ4v) is 7.90. The van der Waals surface area contributed by atoms with E-state index < -0.39 is 15.9 Å². The molecule has 3 aliphatic rings. The van der Waals surface area contributed by atoms with E-state index in [1.807, 2.05) is 13.8 Å². The van der Waals surface area contributed by atoms with Gasteiger partial charge in [-0.2, -0.15) is 0 Å². The van der Waals surface area contributed by atoms with Crippen LogP contribution in [0, 0.1) is 22.7 Å². The molecule has 23 heavy (non-hydrogen) atoms. The lowest BCUT2D eigenvalue weighted by Gasteiger charge is -2.37. The largest absolute Gasteiger partial charge is 0.273 e. The van der Waals surface area contributed by atoms with Crippen LogP contribution in [-0.2, 0) is 14.8 Å². The molecule has 0 unspecified atom stereocenters. The summed E-state index contributed by atoms with van der Waals surface area (Å²) < 4.78 is 26.9. The number of hydrogen-bond donors (Lipinski definition) is 0. The first kappa shape index (κ1) is 16.7. The summed E-state index contributed by atoms with van der Waals surface area (Å²) in [7, 11) is -3.54. The van der Waals surface area contributed by atoms with E-state index in [4.69, 9.17) is 0 Å². The lowest BCUT2D eigenvalue weighted by atomic mass is 9.69. The summed E-state index contributed by atoms with van der Waals surface area (Å²) in [5.74, 6) is -0.249. The van der Waals surface area contributed by atoms with Crippen LogP contribution in [-0.4, -0.2) is 30.4 Å². The fourth-order valence-electron chi connectivity index (χ4n) is 5.33. The van der Waals surface area contributed by atoms with E-state index in [2.05, 4.69) is 20.4 Å². The van der Waals surface area contributed by atoms with Gasteiger partial charge in [-0.1, -0.05) is 31.6 Å². The topological polar surface area (TPSA) is 54.5 Å². The van der Waals surface area contributed by atoms with E-state index in [0.29, 0.717) is 5.92 Å². The second kappa shape index (κ2) is 4.95. The number of allylic oxidation sites excluding steroid dienone is 1. The van der Waals surface area contributed by atoms with Crippen LogP contribution in [0.4, 0.5) is 0 Å². The van der Waals surface area contributed by atoms with Crippen molar-refractivity contribution in [1.82, 2.24) is 4.31 Å². The Morgan fingerprint density at radius 1 is 1.35 bits per heavy atom. The van der Waals surface area contributed by atoms with Crippen LogP contribution < -0.4 is 0 Å². The first-order valence-corrected chi connectivity index (χ1v) is 10.0. The van der Waals surface area contributed by atoms with E-state index >= 15 is 0 Å². The Morgan fingerprint density at radius 2 is 2.00 bits per heavy atom. The highest BCUT2D eigenvalue weighted by molar-refractivity contribution is 7.90. The summed E-state index contributed by atoms with van der Waals surface area (Å²) in [6.07, 6.45) is 6.17. The molecule has 3 rings (SSSR count). The summed E-state index contributed by atoms with van der Waals surface area (Å²) in [5, 5.41) is 0. The standard InChI is InChI=1S/C18H27NO3S/c1-6-13(9-12(2)3)16(20)19-15-10-14-7-8-18(15,17(14,4)5)11-23(19,21)22/h6,9,13-15H,1,7-8,10-11H2,2-5H3/t13-,14-,15-,18-/m1/s1. The molecule has 2 saturated carbocycles. The second-order valence-corrected chi connectivity index (χ2v) is 10.1. The zero-order valence-corrected chi connectivity index (χ0v) is 15.3. The van der Waals surface area contributed by atoms with Gasteiger partial charge in [-0.3, -0.25) is 4.79 Å². The molecule has 128 valence electrons. The highest BCUT2D eigenvalue weighted by Crippen LogP contribution is 2.70. The Labute approximate surface area is 139 Å². The monoisotopic (exact) mass is 337 g/mol. The highest BCUT2D eigenvalue weighted by atomic mass is 32.2. The number of rotatable bonds is 3. The minimum atomic E-state index is -3.54. The van der Waals surface area contributed by atoms with E-state index in [-0.39, 0.29) is 28.5 Å². The molecule has 5 heteroatoms. The molecule has 0 N–H and O–H groups in total. The molecular weight excluding hydrogens is 310 g/mol. The van der Waals surface area contributed by atoms with E-state index in [9.17, 15) is 13.2 Å². The lowest BCUT2D eigenvalue weighted by Crippen LogP contribution is -2.45.